The van der Waals surface area contributed by atoms with Crippen molar-refractivity contribution in [3.8, 4) is 11.5 Å². The zero-order valence-electron chi connectivity index (χ0n) is 16.7. The highest BCUT2D eigenvalue weighted by Gasteiger charge is 2.15. The van der Waals surface area contributed by atoms with Crippen LogP contribution in [0.3, 0.4) is 0 Å². The van der Waals surface area contributed by atoms with Crippen LogP contribution in [0.1, 0.15) is 18.4 Å². The molecule has 1 N–H and O–H groups in total. The van der Waals surface area contributed by atoms with Crippen LogP contribution < -0.4 is 14.8 Å². The van der Waals surface area contributed by atoms with Crippen LogP contribution in [0.2, 0.25) is 0 Å². The Bertz CT molecular complexity index is 1010. The molecule has 0 spiro atoms. The van der Waals surface area contributed by atoms with Crippen LogP contribution in [0, 0.1) is 12.7 Å². The Morgan fingerprint density at radius 3 is 2.69 bits per heavy atom. The van der Waals surface area contributed by atoms with E-state index < -0.39 is 0 Å². The van der Waals surface area contributed by atoms with Gasteiger partial charge in [-0.05, 0) is 56.6 Å². The maximum absolute atomic E-state index is 14.3. The number of fused-ring (bicyclic) bond motifs is 1. The number of nitrogens with one attached hydrogen (secondary N) is 1. The van der Waals surface area contributed by atoms with E-state index in [-0.39, 0.29) is 5.82 Å². The zero-order chi connectivity index (χ0) is 20.2. The van der Waals surface area contributed by atoms with Gasteiger partial charge >= 0.3 is 0 Å². The molecular weight excluding hydrogens is 371 g/mol. The van der Waals surface area contributed by atoms with Gasteiger partial charge in [-0.2, -0.15) is 0 Å². The lowest BCUT2D eigenvalue weighted by atomic mass is 10.2. The van der Waals surface area contributed by atoms with Gasteiger partial charge in [-0.3, -0.25) is 4.90 Å². The van der Waals surface area contributed by atoms with Crippen molar-refractivity contribution in [2.24, 2.45) is 0 Å². The van der Waals surface area contributed by atoms with Gasteiger partial charge in [-0.15, -0.1) is 0 Å². The molecule has 2 aromatic carbocycles. The number of hydrogen-bond donors (Lipinski definition) is 1. The van der Waals surface area contributed by atoms with E-state index in [0.717, 1.165) is 30.6 Å². The smallest absolute Gasteiger partial charge is 0.163 e. The van der Waals surface area contributed by atoms with Crippen LogP contribution in [-0.4, -0.2) is 48.2 Å². The lowest BCUT2D eigenvalue weighted by Gasteiger charge is -2.17. The summed E-state index contributed by atoms with van der Waals surface area (Å²) >= 11 is 0. The minimum Gasteiger partial charge on any atom is -0.493 e. The minimum atomic E-state index is -0.328. The minimum absolute atomic E-state index is 0.328. The number of hydrogen-bond acceptors (Lipinski definition) is 6. The molecule has 1 aromatic heterocycles. The van der Waals surface area contributed by atoms with Gasteiger partial charge in [-0.25, -0.2) is 14.4 Å². The van der Waals surface area contributed by atoms with Crippen molar-refractivity contribution in [2.75, 3.05) is 38.7 Å². The number of ether oxygens (including phenoxy) is 2. The number of likely N-dealkylation sites (tertiary alicyclic amines) is 1. The topological polar surface area (TPSA) is 59.5 Å². The Labute approximate surface area is 169 Å². The molecule has 0 radical (unpaired) electrons. The van der Waals surface area contributed by atoms with E-state index in [1.165, 1.54) is 25.2 Å². The second kappa shape index (κ2) is 8.61. The normalized spacial score (nSPS) is 14.3. The van der Waals surface area contributed by atoms with E-state index in [9.17, 15) is 4.39 Å². The monoisotopic (exact) mass is 396 g/mol. The van der Waals surface area contributed by atoms with Crippen molar-refractivity contribution in [1.82, 2.24) is 14.9 Å². The van der Waals surface area contributed by atoms with Gasteiger partial charge in [0.25, 0.3) is 0 Å². The maximum atomic E-state index is 14.3. The molecule has 1 fully saturated rings. The molecule has 6 nitrogen and oxygen atoms in total. The number of aryl methyl sites for hydroxylation is 1. The molecule has 4 rings (SSSR count). The highest BCUT2D eigenvalue weighted by molar-refractivity contribution is 5.93. The molecule has 1 saturated heterocycles. The van der Waals surface area contributed by atoms with Crippen molar-refractivity contribution in [3.05, 3.63) is 48.0 Å². The summed E-state index contributed by atoms with van der Waals surface area (Å²) in [4.78, 5) is 11.0. The quantitative estimate of drug-likeness (QED) is 0.642. The number of anilines is 2. The summed E-state index contributed by atoms with van der Waals surface area (Å²) in [6.45, 7) is 5.60. The van der Waals surface area contributed by atoms with E-state index in [2.05, 4.69) is 20.2 Å². The van der Waals surface area contributed by atoms with Gasteiger partial charge in [0.1, 0.15) is 24.6 Å². The van der Waals surface area contributed by atoms with Crippen molar-refractivity contribution < 1.29 is 13.9 Å². The van der Waals surface area contributed by atoms with E-state index in [0.29, 0.717) is 35.1 Å². The highest BCUT2D eigenvalue weighted by atomic mass is 19.1. The van der Waals surface area contributed by atoms with Gasteiger partial charge in [0.05, 0.1) is 18.3 Å². The van der Waals surface area contributed by atoms with Crippen LogP contribution in [0.4, 0.5) is 15.9 Å². The van der Waals surface area contributed by atoms with Gasteiger partial charge in [-0.1, -0.05) is 6.07 Å². The number of rotatable bonds is 7. The summed E-state index contributed by atoms with van der Waals surface area (Å²) in [5.41, 5.74) is 1.92. The predicted molar refractivity (Wildman–Crippen MR) is 112 cm³/mol. The molecule has 152 valence electrons. The summed E-state index contributed by atoms with van der Waals surface area (Å²) in [7, 11) is 1.60. The van der Waals surface area contributed by atoms with Crippen LogP contribution in [0.25, 0.3) is 10.9 Å². The van der Waals surface area contributed by atoms with Crippen molar-refractivity contribution >= 4 is 22.4 Å². The summed E-state index contributed by atoms with van der Waals surface area (Å²) in [5.74, 6) is 1.43. The fourth-order valence-electron chi connectivity index (χ4n) is 3.58. The average Bonchev–Trinajstić information content (AvgIpc) is 3.23. The largest absolute Gasteiger partial charge is 0.493 e. The molecular formula is C22H25FN4O2. The third-order valence-corrected chi connectivity index (χ3v) is 5.16. The molecule has 0 atom stereocenters. The van der Waals surface area contributed by atoms with E-state index in [1.807, 2.05) is 25.1 Å². The number of halogens is 1. The van der Waals surface area contributed by atoms with Crippen LogP contribution >= 0.6 is 0 Å². The molecule has 0 saturated carbocycles. The van der Waals surface area contributed by atoms with E-state index >= 15 is 0 Å². The molecule has 0 amide bonds. The van der Waals surface area contributed by atoms with Gasteiger partial charge < -0.3 is 14.8 Å². The number of methoxy groups -OCH3 is 1. The standard InChI is InChI=1S/C22H25FN4O2/c1-15-5-6-18(17(23)11-15)26-22-16-12-20(28-2)21(13-19(16)24-14-25-22)29-10-9-27-7-3-4-8-27/h5-6,11-14H,3-4,7-10H2,1-2H3,(H,24,25,26). The molecule has 1 aliphatic heterocycles. The second-order valence-electron chi connectivity index (χ2n) is 7.25. The Morgan fingerprint density at radius 2 is 1.93 bits per heavy atom. The molecule has 2 heterocycles. The van der Waals surface area contributed by atoms with Crippen LogP contribution in [0.5, 0.6) is 11.5 Å². The first-order chi connectivity index (χ1) is 14.1. The molecule has 0 unspecified atom stereocenters. The first-order valence-electron chi connectivity index (χ1n) is 9.85. The summed E-state index contributed by atoms with van der Waals surface area (Å²) in [6, 6.07) is 8.71. The fourth-order valence-corrected chi connectivity index (χ4v) is 3.58. The summed E-state index contributed by atoms with van der Waals surface area (Å²) < 4.78 is 25.8. The molecule has 7 heteroatoms. The molecule has 29 heavy (non-hydrogen) atoms. The van der Waals surface area contributed by atoms with E-state index in [4.69, 9.17) is 9.47 Å². The van der Waals surface area contributed by atoms with Gasteiger partial charge in [0.15, 0.2) is 11.5 Å². The SMILES string of the molecule is COc1cc2c(Nc3ccc(C)cc3F)ncnc2cc1OCCN1CCCC1. The first kappa shape index (κ1) is 19.4. The van der Waals surface area contributed by atoms with E-state index in [1.54, 1.807) is 13.2 Å². The van der Waals surface area contributed by atoms with Crippen molar-refractivity contribution in [2.45, 2.75) is 19.8 Å². The number of nitrogens with zero attached hydrogens (tertiary/aromatic N) is 3. The summed E-state index contributed by atoms with van der Waals surface area (Å²) in [6.07, 6.45) is 3.97. The van der Waals surface area contributed by atoms with Gasteiger partial charge in [0, 0.05) is 18.0 Å². The third kappa shape index (κ3) is 4.40. The predicted octanol–water partition coefficient (Wildman–Crippen LogP) is 4.30. The fraction of sp³-hybridized carbons (Fsp3) is 0.364. The highest BCUT2D eigenvalue weighted by Crippen LogP contribution is 2.35. The number of aromatic nitrogens is 2. The lowest BCUT2D eigenvalue weighted by molar-refractivity contribution is 0.230. The Balaban J connectivity index is 1.58. The van der Waals surface area contributed by atoms with Crippen molar-refractivity contribution in [1.29, 1.82) is 0 Å². The maximum Gasteiger partial charge on any atom is 0.163 e. The lowest BCUT2D eigenvalue weighted by Crippen LogP contribution is -2.25. The number of benzene rings is 2. The molecule has 1 aliphatic rings. The molecule has 0 aliphatic carbocycles. The third-order valence-electron chi connectivity index (χ3n) is 5.16. The second-order valence-corrected chi connectivity index (χ2v) is 7.25. The Morgan fingerprint density at radius 1 is 1.10 bits per heavy atom. The van der Waals surface area contributed by atoms with Crippen molar-refractivity contribution in [3.63, 3.8) is 0 Å². The molecule has 3 aromatic rings. The Hall–Kier alpha value is -2.93. The van der Waals surface area contributed by atoms with Gasteiger partial charge in [0.2, 0.25) is 0 Å². The van der Waals surface area contributed by atoms with Crippen LogP contribution in [0.15, 0.2) is 36.7 Å². The van der Waals surface area contributed by atoms with Crippen LogP contribution in [-0.2, 0) is 0 Å². The first-order valence-corrected chi connectivity index (χ1v) is 9.85. The summed E-state index contributed by atoms with van der Waals surface area (Å²) in [5, 5.41) is 3.80. The average molecular weight is 396 g/mol. The molecule has 0 bridgehead atoms. The zero-order valence-corrected chi connectivity index (χ0v) is 16.7. The Kier molecular flexibility index (Phi) is 5.76.